The van der Waals surface area contributed by atoms with Gasteiger partial charge in [-0.3, -0.25) is 19.6 Å². The minimum atomic E-state index is 0.0457. The molecule has 4 aromatic rings. The van der Waals surface area contributed by atoms with Gasteiger partial charge in [0, 0.05) is 61.5 Å². The molecule has 0 unspecified atom stereocenters. The fourth-order valence-electron chi connectivity index (χ4n) is 5.39. The van der Waals surface area contributed by atoms with Crippen LogP contribution in [0.4, 0.5) is 0 Å². The van der Waals surface area contributed by atoms with Crippen molar-refractivity contribution in [3.05, 3.63) is 106 Å². The third-order valence-electron chi connectivity index (χ3n) is 7.75. The number of aromatic nitrogens is 6. The van der Waals surface area contributed by atoms with Crippen molar-refractivity contribution in [3.8, 4) is 0 Å². The van der Waals surface area contributed by atoms with E-state index in [1.165, 1.54) is 0 Å². The minimum absolute atomic E-state index is 0.0457. The summed E-state index contributed by atoms with van der Waals surface area (Å²) in [5, 5.41) is 17.7. The summed E-state index contributed by atoms with van der Waals surface area (Å²) in [5.41, 5.74) is 17.8. The number of hydrogen-bond donors (Lipinski definition) is 2. The van der Waals surface area contributed by atoms with E-state index in [0.29, 0.717) is 24.5 Å². The van der Waals surface area contributed by atoms with Crippen LogP contribution in [0, 0.1) is 0 Å². The molecule has 2 atom stereocenters. The molecule has 0 radical (unpaired) electrons. The Balaban J connectivity index is 1.12. The molecule has 0 aromatic carbocycles. The van der Waals surface area contributed by atoms with E-state index < -0.39 is 0 Å². The van der Waals surface area contributed by atoms with E-state index >= 15 is 0 Å². The Morgan fingerprint density at radius 2 is 1.02 bits per heavy atom. The highest BCUT2D eigenvalue weighted by atomic mass is 16.1. The smallest absolute Gasteiger partial charge is 0.144 e. The molecule has 1 fully saturated rings. The number of hydrogen-bond acceptors (Lipinski definition) is 10. The van der Waals surface area contributed by atoms with Crippen LogP contribution in [0.2, 0.25) is 0 Å². The second-order valence-electron chi connectivity index (χ2n) is 11.0. The SMILES string of the molecule is NCc1ccc(CC(=O)Cc2ccc([C@H]3CCC[C@H](c4ccc(CC(=O)Cc5ccc(CN)cn5)nn4)C3)nn2)nc1. The van der Waals surface area contributed by atoms with Crippen molar-refractivity contribution in [1.29, 1.82) is 0 Å². The van der Waals surface area contributed by atoms with E-state index in [1.807, 2.05) is 48.5 Å². The fraction of sp³-hybridized carbons (Fsp3) is 0.375. The summed E-state index contributed by atoms with van der Waals surface area (Å²) in [7, 11) is 0. The first-order valence-electron chi connectivity index (χ1n) is 14.4. The molecule has 42 heavy (non-hydrogen) atoms. The van der Waals surface area contributed by atoms with E-state index in [1.54, 1.807) is 12.4 Å². The zero-order valence-corrected chi connectivity index (χ0v) is 23.7. The Bertz CT molecular complexity index is 1360. The third kappa shape index (κ3) is 7.92. The van der Waals surface area contributed by atoms with Crippen molar-refractivity contribution in [2.24, 2.45) is 11.5 Å². The van der Waals surface area contributed by atoms with Crippen LogP contribution in [0.25, 0.3) is 0 Å². The third-order valence-corrected chi connectivity index (χ3v) is 7.75. The summed E-state index contributed by atoms with van der Waals surface area (Å²) in [4.78, 5) is 33.7. The van der Waals surface area contributed by atoms with Gasteiger partial charge in [0.25, 0.3) is 0 Å². The maximum atomic E-state index is 12.5. The minimum Gasteiger partial charge on any atom is -0.326 e. The second kappa shape index (κ2) is 14.1. The molecule has 0 bridgehead atoms. The molecule has 0 spiro atoms. The molecular formula is C32H36N8O2. The maximum absolute atomic E-state index is 12.5. The molecule has 216 valence electrons. The van der Waals surface area contributed by atoms with Crippen molar-refractivity contribution in [1.82, 2.24) is 30.4 Å². The summed E-state index contributed by atoms with van der Waals surface area (Å²) < 4.78 is 0. The first-order chi connectivity index (χ1) is 20.5. The molecule has 1 saturated carbocycles. The predicted octanol–water partition coefficient (Wildman–Crippen LogP) is 3.12. The highest BCUT2D eigenvalue weighted by Gasteiger charge is 2.27. The molecule has 10 heteroatoms. The van der Waals surface area contributed by atoms with Crippen LogP contribution in [0.1, 0.15) is 82.8 Å². The van der Waals surface area contributed by atoms with Crippen molar-refractivity contribution in [2.75, 3.05) is 0 Å². The number of rotatable bonds is 12. The highest BCUT2D eigenvalue weighted by molar-refractivity contribution is 5.82. The van der Waals surface area contributed by atoms with Gasteiger partial charge >= 0.3 is 0 Å². The topological polar surface area (TPSA) is 164 Å². The lowest BCUT2D eigenvalue weighted by atomic mass is 9.78. The summed E-state index contributed by atoms with van der Waals surface area (Å²) >= 11 is 0. The van der Waals surface area contributed by atoms with Gasteiger partial charge < -0.3 is 11.5 Å². The van der Waals surface area contributed by atoms with Crippen LogP contribution < -0.4 is 11.5 Å². The Labute approximate surface area is 245 Å². The molecule has 0 aliphatic heterocycles. The second-order valence-corrected chi connectivity index (χ2v) is 11.0. The van der Waals surface area contributed by atoms with Gasteiger partial charge in [-0.2, -0.15) is 20.4 Å². The van der Waals surface area contributed by atoms with Crippen LogP contribution in [-0.4, -0.2) is 41.9 Å². The molecule has 1 aliphatic carbocycles. The summed E-state index contributed by atoms with van der Waals surface area (Å²) in [6, 6.07) is 15.3. The Hall–Kier alpha value is -4.28. The zero-order chi connectivity index (χ0) is 29.3. The van der Waals surface area contributed by atoms with Gasteiger partial charge in [-0.05, 0) is 66.8 Å². The van der Waals surface area contributed by atoms with Gasteiger partial charge in [-0.15, -0.1) is 0 Å². The maximum Gasteiger partial charge on any atom is 0.144 e. The standard InChI is InChI=1S/C32H36N8O2/c33-17-21-4-6-25(35-19-21)13-29(41)15-27-8-10-31(39-37-27)23-2-1-3-24(12-23)32-11-9-28(38-40-32)16-30(42)14-26-7-5-22(18-34)20-36-26/h4-11,19-20,23-24H,1-3,12-18,33-34H2/t23-,24-/m0/s1. The molecule has 5 rings (SSSR count). The quantitative estimate of drug-likeness (QED) is 0.261. The molecular weight excluding hydrogens is 528 g/mol. The number of Topliss-reactive ketones (excluding diaryl/α,β-unsaturated/α-hetero) is 2. The lowest BCUT2D eigenvalue weighted by Gasteiger charge is -2.28. The number of nitrogens with two attached hydrogens (primary N) is 2. The Morgan fingerprint density at radius 1 is 0.595 bits per heavy atom. The highest BCUT2D eigenvalue weighted by Crippen LogP contribution is 2.39. The molecule has 1 aliphatic rings. The van der Waals surface area contributed by atoms with Gasteiger partial charge in [0.2, 0.25) is 0 Å². The van der Waals surface area contributed by atoms with Crippen LogP contribution in [0.3, 0.4) is 0 Å². The van der Waals surface area contributed by atoms with Crippen LogP contribution in [0.15, 0.2) is 60.9 Å². The molecule has 4 aromatic heterocycles. The zero-order valence-electron chi connectivity index (χ0n) is 23.7. The van der Waals surface area contributed by atoms with Crippen LogP contribution >= 0.6 is 0 Å². The van der Waals surface area contributed by atoms with E-state index in [-0.39, 0.29) is 49.1 Å². The summed E-state index contributed by atoms with van der Waals surface area (Å²) in [6.07, 6.45) is 8.42. The molecule has 4 heterocycles. The predicted molar refractivity (Wildman–Crippen MR) is 157 cm³/mol. The van der Waals surface area contributed by atoms with Gasteiger partial charge in [0.1, 0.15) is 11.6 Å². The van der Waals surface area contributed by atoms with Crippen LogP contribution in [-0.2, 0) is 48.4 Å². The lowest BCUT2D eigenvalue weighted by molar-refractivity contribution is -0.118. The van der Waals surface area contributed by atoms with Crippen molar-refractivity contribution < 1.29 is 9.59 Å². The number of carbonyl (C=O) groups is 2. The van der Waals surface area contributed by atoms with E-state index in [2.05, 4.69) is 30.4 Å². The molecule has 0 saturated heterocycles. The van der Waals surface area contributed by atoms with Gasteiger partial charge in [0.15, 0.2) is 0 Å². The molecule has 4 N–H and O–H groups in total. The first-order valence-corrected chi connectivity index (χ1v) is 14.4. The Kier molecular flexibility index (Phi) is 9.78. The number of ketones is 2. The lowest BCUT2D eigenvalue weighted by Crippen LogP contribution is -2.17. The van der Waals surface area contributed by atoms with E-state index in [4.69, 9.17) is 11.5 Å². The van der Waals surface area contributed by atoms with E-state index in [0.717, 1.165) is 59.6 Å². The molecule has 10 nitrogen and oxygen atoms in total. The van der Waals surface area contributed by atoms with Crippen LogP contribution in [0.5, 0.6) is 0 Å². The van der Waals surface area contributed by atoms with Crippen molar-refractivity contribution in [3.63, 3.8) is 0 Å². The number of carbonyl (C=O) groups excluding carboxylic acids is 2. The normalized spacial score (nSPS) is 16.7. The first kappa shape index (κ1) is 29.2. The molecule has 0 amide bonds. The average Bonchev–Trinajstić information content (AvgIpc) is 3.02. The van der Waals surface area contributed by atoms with Crippen molar-refractivity contribution in [2.45, 2.75) is 76.3 Å². The summed E-state index contributed by atoms with van der Waals surface area (Å²) in [5.74, 6) is 0.633. The van der Waals surface area contributed by atoms with E-state index in [9.17, 15) is 9.59 Å². The number of nitrogens with zero attached hydrogens (tertiary/aromatic N) is 6. The monoisotopic (exact) mass is 564 g/mol. The number of pyridine rings is 2. The largest absolute Gasteiger partial charge is 0.326 e. The van der Waals surface area contributed by atoms with Gasteiger partial charge in [0.05, 0.1) is 35.6 Å². The van der Waals surface area contributed by atoms with Gasteiger partial charge in [-0.1, -0.05) is 18.6 Å². The van der Waals surface area contributed by atoms with Gasteiger partial charge in [-0.25, -0.2) is 0 Å². The summed E-state index contributed by atoms with van der Waals surface area (Å²) in [6.45, 7) is 0.857. The fourth-order valence-corrected chi connectivity index (χ4v) is 5.39. The average molecular weight is 565 g/mol. The van der Waals surface area contributed by atoms with Crippen molar-refractivity contribution >= 4 is 11.6 Å². The Morgan fingerprint density at radius 3 is 1.38 bits per heavy atom.